The van der Waals surface area contributed by atoms with Gasteiger partial charge in [-0.25, -0.2) is 0 Å². The number of nitrogens with one attached hydrogen (secondary N) is 1. The number of hydrogen-bond donors (Lipinski definition) is 1. The quantitative estimate of drug-likeness (QED) is 0.723. The van der Waals surface area contributed by atoms with Crippen LogP contribution < -0.4 is 14.8 Å². The van der Waals surface area contributed by atoms with E-state index in [9.17, 15) is 4.79 Å². The maximum atomic E-state index is 12.7. The van der Waals surface area contributed by atoms with Crippen LogP contribution in [0.15, 0.2) is 47.4 Å². The maximum absolute atomic E-state index is 12.7. The predicted molar refractivity (Wildman–Crippen MR) is 110 cm³/mol. The molecule has 1 N–H and O–H groups in total. The highest BCUT2D eigenvalue weighted by Crippen LogP contribution is 2.38. The predicted octanol–water partition coefficient (Wildman–Crippen LogP) is 4.20. The molecular weight excluding hydrogens is 360 g/mol. The van der Waals surface area contributed by atoms with Crippen LogP contribution in [0.5, 0.6) is 11.5 Å². The third-order valence-corrected chi connectivity index (χ3v) is 5.69. The number of amides is 1. The number of para-hydroxylation sites is 1. The van der Waals surface area contributed by atoms with Gasteiger partial charge in [-0.3, -0.25) is 9.69 Å². The second kappa shape index (κ2) is 9.15. The van der Waals surface area contributed by atoms with Crippen LogP contribution in [0.3, 0.4) is 0 Å². The number of carbonyl (C=O) groups excluding carboxylic acids is 1. The van der Waals surface area contributed by atoms with E-state index in [-0.39, 0.29) is 11.9 Å². The van der Waals surface area contributed by atoms with E-state index in [1.807, 2.05) is 48.7 Å². The summed E-state index contributed by atoms with van der Waals surface area (Å²) in [6, 6.07) is 13.9. The Morgan fingerprint density at radius 1 is 1.22 bits per heavy atom. The Bertz CT molecular complexity index is 797. The Kier molecular flexibility index (Phi) is 6.63. The van der Waals surface area contributed by atoms with Crippen molar-refractivity contribution in [2.75, 3.05) is 38.9 Å². The van der Waals surface area contributed by atoms with Gasteiger partial charge in [-0.05, 0) is 43.8 Å². The number of methoxy groups -OCH3 is 2. The van der Waals surface area contributed by atoms with E-state index in [2.05, 4.69) is 10.2 Å². The van der Waals surface area contributed by atoms with Crippen molar-refractivity contribution in [1.29, 1.82) is 0 Å². The number of benzene rings is 2. The smallest absolute Gasteiger partial charge is 0.238 e. The van der Waals surface area contributed by atoms with Crippen LogP contribution in [0, 0.1) is 0 Å². The molecule has 0 unspecified atom stereocenters. The van der Waals surface area contributed by atoms with Crippen LogP contribution in [0.4, 0.5) is 5.69 Å². The van der Waals surface area contributed by atoms with Gasteiger partial charge < -0.3 is 14.8 Å². The fourth-order valence-electron chi connectivity index (χ4n) is 3.58. The second-order valence-electron chi connectivity index (χ2n) is 6.48. The van der Waals surface area contributed by atoms with Gasteiger partial charge in [0.2, 0.25) is 5.91 Å². The SMILES string of the molecule is COc1ccc([C@H]2CCCN2CC(=O)Nc2ccccc2SC)c(OC)c1. The highest BCUT2D eigenvalue weighted by atomic mass is 32.2. The summed E-state index contributed by atoms with van der Waals surface area (Å²) in [5.41, 5.74) is 1.97. The highest BCUT2D eigenvalue weighted by Gasteiger charge is 2.30. The average molecular weight is 387 g/mol. The van der Waals surface area contributed by atoms with Gasteiger partial charge in [0.1, 0.15) is 11.5 Å². The van der Waals surface area contributed by atoms with Gasteiger partial charge in [-0.1, -0.05) is 18.2 Å². The van der Waals surface area contributed by atoms with Gasteiger partial charge >= 0.3 is 0 Å². The number of rotatable bonds is 7. The lowest BCUT2D eigenvalue weighted by atomic mass is 10.0. The first-order chi connectivity index (χ1) is 13.2. The normalized spacial score (nSPS) is 16.9. The molecule has 0 saturated carbocycles. The molecular formula is C21H26N2O3S. The summed E-state index contributed by atoms with van der Waals surface area (Å²) in [6.45, 7) is 1.26. The number of nitrogens with zero attached hydrogens (tertiary/aromatic N) is 1. The molecule has 1 atom stereocenters. The lowest BCUT2D eigenvalue weighted by Gasteiger charge is -2.26. The van der Waals surface area contributed by atoms with Gasteiger partial charge in [0, 0.05) is 22.6 Å². The maximum Gasteiger partial charge on any atom is 0.238 e. The van der Waals surface area contributed by atoms with Crippen molar-refractivity contribution in [2.24, 2.45) is 0 Å². The monoisotopic (exact) mass is 386 g/mol. The molecule has 0 radical (unpaired) electrons. The molecule has 1 saturated heterocycles. The first-order valence-electron chi connectivity index (χ1n) is 9.05. The number of carbonyl (C=O) groups is 1. The molecule has 1 heterocycles. The average Bonchev–Trinajstić information content (AvgIpc) is 3.15. The fraction of sp³-hybridized carbons (Fsp3) is 0.381. The molecule has 3 rings (SSSR count). The van der Waals surface area contributed by atoms with Gasteiger partial charge in [-0.2, -0.15) is 0 Å². The summed E-state index contributed by atoms with van der Waals surface area (Å²) in [5, 5.41) is 3.05. The Morgan fingerprint density at radius 3 is 2.78 bits per heavy atom. The van der Waals surface area contributed by atoms with E-state index in [0.717, 1.165) is 47.0 Å². The number of thioether (sulfide) groups is 1. The first kappa shape index (κ1) is 19.6. The Balaban J connectivity index is 1.72. The summed E-state index contributed by atoms with van der Waals surface area (Å²) in [4.78, 5) is 15.9. The third-order valence-electron chi connectivity index (χ3n) is 4.89. The van der Waals surface area contributed by atoms with E-state index >= 15 is 0 Å². The van der Waals surface area contributed by atoms with Crippen molar-refractivity contribution in [2.45, 2.75) is 23.8 Å². The lowest BCUT2D eigenvalue weighted by Crippen LogP contribution is -2.33. The highest BCUT2D eigenvalue weighted by molar-refractivity contribution is 7.98. The largest absolute Gasteiger partial charge is 0.497 e. The zero-order valence-corrected chi connectivity index (χ0v) is 16.8. The molecule has 27 heavy (non-hydrogen) atoms. The van der Waals surface area contributed by atoms with Gasteiger partial charge in [0.15, 0.2) is 0 Å². The molecule has 0 aliphatic carbocycles. The number of ether oxygens (including phenoxy) is 2. The van der Waals surface area contributed by atoms with E-state index in [1.165, 1.54) is 0 Å². The molecule has 0 spiro atoms. The van der Waals surface area contributed by atoms with Crippen LogP contribution in [-0.2, 0) is 4.79 Å². The van der Waals surface area contributed by atoms with E-state index in [4.69, 9.17) is 9.47 Å². The number of likely N-dealkylation sites (tertiary alicyclic amines) is 1. The van der Waals surface area contributed by atoms with Crippen LogP contribution >= 0.6 is 11.8 Å². The summed E-state index contributed by atoms with van der Waals surface area (Å²) in [5.74, 6) is 1.59. The summed E-state index contributed by atoms with van der Waals surface area (Å²) >= 11 is 1.63. The zero-order chi connectivity index (χ0) is 19.2. The van der Waals surface area contributed by atoms with Crippen molar-refractivity contribution in [1.82, 2.24) is 4.90 Å². The first-order valence-corrected chi connectivity index (χ1v) is 10.3. The van der Waals surface area contributed by atoms with E-state index < -0.39 is 0 Å². The Labute approximate surface area is 165 Å². The van der Waals surface area contributed by atoms with Gasteiger partial charge in [0.25, 0.3) is 0 Å². The summed E-state index contributed by atoms with van der Waals surface area (Å²) < 4.78 is 10.9. The van der Waals surface area contributed by atoms with Crippen LogP contribution in [0.1, 0.15) is 24.4 Å². The third kappa shape index (κ3) is 4.57. The van der Waals surface area contributed by atoms with Crippen LogP contribution in [0.25, 0.3) is 0 Å². The molecule has 144 valence electrons. The minimum Gasteiger partial charge on any atom is -0.497 e. The summed E-state index contributed by atoms with van der Waals surface area (Å²) in [7, 11) is 3.32. The van der Waals surface area contributed by atoms with Crippen LogP contribution in [0.2, 0.25) is 0 Å². The minimum atomic E-state index is 0.0101. The molecule has 2 aromatic carbocycles. The molecule has 2 aromatic rings. The van der Waals surface area contributed by atoms with Crippen LogP contribution in [-0.4, -0.2) is 44.4 Å². The minimum absolute atomic E-state index is 0.0101. The van der Waals surface area contributed by atoms with E-state index in [0.29, 0.717) is 6.54 Å². The second-order valence-corrected chi connectivity index (χ2v) is 7.33. The molecule has 5 nitrogen and oxygen atoms in total. The Hall–Kier alpha value is -2.18. The van der Waals surface area contributed by atoms with Crippen molar-refractivity contribution in [3.8, 4) is 11.5 Å². The topological polar surface area (TPSA) is 50.8 Å². The van der Waals surface area contributed by atoms with Crippen molar-refractivity contribution in [3.05, 3.63) is 48.0 Å². The summed E-state index contributed by atoms with van der Waals surface area (Å²) in [6.07, 6.45) is 4.09. The molecule has 0 bridgehead atoms. The molecule has 1 aliphatic heterocycles. The fourth-order valence-corrected chi connectivity index (χ4v) is 4.14. The number of hydrogen-bond acceptors (Lipinski definition) is 5. The molecule has 0 aromatic heterocycles. The number of anilines is 1. The van der Waals surface area contributed by atoms with Crippen molar-refractivity contribution >= 4 is 23.4 Å². The van der Waals surface area contributed by atoms with E-state index in [1.54, 1.807) is 26.0 Å². The van der Waals surface area contributed by atoms with Gasteiger partial charge in [0.05, 0.1) is 26.5 Å². The van der Waals surface area contributed by atoms with Gasteiger partial charge in [-0.15, -0.1) is 11.8 Å². The lowest BCUT2D eigenvalue weighted by molar-refractivity contribution is -0.117. The molecule has 6 heteroatoms. The molecule has 1 amide bonds. The zero-order valence-electron chi connectivity index (χ0n) is 16.0. The van der Waals surface area contributed by atoms with Crippen molar-refractivity contribution in [3.63, 3.8) is 0 Å². The van der Waals surface area contributed by atoms with Crippen molar-refractivity contribution < 1.29 is 14.3 Å². The molecule has 1 aliphatic rings. The molecule has 1 fully saturated rings. The Morgan fingerprint density at radius 2 is 2.04 bits per heavy atom. The standard InChI is InChI=1S/C21H26N2O3S/c1-25-15-10-11-16(19(13-15)26-2)18-8-6-12-23(18)14-21(24)22-17-7-4-5-9-20(17)27-3/h4-5,7,9-11,13,18H,6,8,12,14H2,1-3H3,(H,22,24)/t18-/m1/s1.